The van der Waals surface area contributed by atoms with Crippen molar-refractivity contribution in [3.05, 3.63) is 33.9 Å². The number of carbonyl (C=O) groups excluding carboxylic acids is 1. The molecule has 0 aromatic carbocycles. The minimum absolute atomic E-state index is 0.150. The van der Waals surface area contributed by atoms with Gasteiger partial charge in [0.2, 0.25) is 0 Å². The maximum atomic E-state index is 11.8. The molecule has 0 bridgehead atoms. The molecule has 0 saturated carbocycles. The zero-order valence-corrected chi connectivity index (χ0v) is 12.4. The number of hydrogen-bond acceptors (Lipinski definition) is 7. The van der Waals surface area contributed by atoms with Gasteiger partial charge in [-0.2, -0.15) is 5.10 Å². The van der Waals surface area contributed by atoms with E-state index in [1.807, 2.05) is 0 Å². The van der Waals surface area contributed by atoms with Crippen LogP contribution in [0.25, 0.3) is 0 Å². The van der Waals surface area contributed by atoms with E-state index in [0.717, 1.165) is 0 Å². The lowest BCUT2D eigenvalue weighted by Gasteiger charge is -2.06. The Balaban J connectivity index is 2.18. The minimum Gasteiger partial charge on any atom is -0.462 e. The summed E-state index contributed by atoms with van der Waals surface area (Å²) in [6.07, 6.45) is 1.46. The van der Waals surface area contributed by atoms with Crippen LogP contribution in [0.2, 0.25) is 0 Å². The molecule has 9 heteroatoms. The van der Waals surface area contributed by atoms with Gasteiger partial charge in [-0.15, -0.1) is 0 Å². The van der Waals surface area contributed by atoms with Crippen LogP contribution in [0.4, 0.5) is 5.82 Å². The van der Waals surface area contributed by atoms with Crippen LogP contribution >= 0.6 is 11.8 Å². The summed E-state index contributed by atoms with van der Waals surface area (Å²) in [6.45, 7) is 2.04. The van der Waals surface area contributed by atoms with Crippen molar-refractivity contribution in [2.45, 2.75) is 17.8 Å². The van der Waals surface area contributed by atoms with Crippen LogP contribution in [0.3, 0.4) is 0 Å². The van der Waals surface area contributed by atoms with Gasteiger partial charge in [0.1, 0.15) is 11.4 Å². The lowest BCUT2D eigenvalue weighted by molar-refractivity contribution is 0.0525. The molecule has 0 saturated heterocycles. The average molecular weight is 309 g/mol. The maximum absolute atomic E-state index is 11.8. The molecule has 3 N–H and O–H groups in total. The summed E-state index contributed by atoms with van der Waals surface area (Å²) in [6, 6.07) is 1.21. The number of hydrogen-bond donors (Lipinski definition) is 2. The van der Waals surface area contributed by atoms with Gasteiger partial charge in [-0.1, -0.05) is 11.8 Å². The predicted molar refractivity (Wildman–Crippen MR) is 78.0 cm³/mol. The zero-order valence-electron chi connectivity index (χ0n) is 11.6. The number of thioether (sulfide) groups is 1. The van der Waals surface area contributed by atoms with E-state index in [0.29, 0.717) is 28.8 Å². The quantitative estimate of drug-likeness (QED) is 0.471. The van der Waals surface area contributed by atoms with Crippen molar-refractivity contribution in [2.75, 3.05) is 12.3 Å². The first-order valence-corrected chi connectivity index (χ1v) is 7.17. The van der Waals surface area contributed by atoms with Crippen molar-refractivity contribution >= 4 is 23.5 Å². The van der Waals surface area contributed by atoms with E-state index in [-0.39, 0.29) is 11.4 Å². The second kappa shape index (κ2) is 6.44. The number of nitrogens with zero attached hydrogens (tertiary/aromatic N) is 3. The molecule has 0 fully saturated rings. The Morgan fingerprint density at radius 2 is 2.33 bits per heavy atom. The standard InChI is InChI=1S/C12H15N5O3S/c1-3-20-11(19)7-5-14-17(2)8(7)6-21-12-15-9(13)4-10(18)16-12/h4-5H,3,6H2,1-2H3,(H3,13,15,16,18). The Hall–Kier alpha value is -2.29. The average Bonchev–Trinajstić information content (AvgIpc) is 2.77. The SMILES string of the molecule is CCOC(=O)c1cnn(C)c1CSc1nc(N)cc(=O)[nH]1. The lowest BCUT2D eigenvalue weighted by Crippen LogP contribution is -2.11. The molecule has 0 atom stereocenters. The third kappa shape index (κ3) is 3.63. The number of aryl methyl sites for hydroxylation is 1. The van der Waals surface area contributed by atoms with E-state index in [1.165, 1.54) is 24.0 Å². The molecule has 0 aliphatic rings. The number of esters is 1. The molecule has 0 aliphatic heterocycles. The molecular formula is C12H15N5O3S. The van der Waals surface area contributed by atoms with Gasteiger partial charge in [0.05, 0.1) is 18.5 Å². The number of nitrogens with one attached hydrogen (secondary N) is 1. The van der Waals surface area contributed by atoms with Crippen LogP contribution in [0, 0.1) is 0 Å². The summed E-state index contributed by atoms with van der Waals surface area (Å²) < 4.78 is 6.56. The maximum Gasteiger partial charge on any atom is 0.341 e. The number of ether oxygens (including phenoxy) is 1. The Morgan fingerprint density at radius 3 is 3.00 bits per heavy atom. The van der Waals surface area contributed by atoms with Crippen LogP contribution in [0.15, 0.2) is 22.2 Å². The van der Waals surface area contributed by atoms with Gasteiger partial charge < -0.3 is 15.5 Å². The molecule has 0 amide bonds. The predicted octanol–water partition coefficient (Wildman–Crippen LogP) is 0.555. The van der Waals surface area contributed by atoms with Crippen molar-refractivity contribution < 1.29 is 9.53 Å². The van der Waals surface area contributed by atoms with Gasteiger partial charge in [-0.05, 0) is 6.92 Å². The van der Waals surface area contributed by atoms with Gasteiger partial charge in [-0.25, -0.2) is 9.78 Å². The van der Waals surface area contributed by atoms with E-state index in [2.05, 4.69) is 15.1 Å². The van der Waals surface area contributed by atoms with Crippen molar-refractivity contribution in [1.29, 1.82) is 0 Å². The number of rotatable bonds is 5. The molecule has 21 heavy (non-hydrogen) atoms. The smallest absolute Gasteiger partial charge is 0.341 e. The first-order chi connectivity index (χ1) is 10.0. The fraction of sp³-hybridized carbons (Fsp3) is 0.333. The monoisotopic (exact) mass is 309 g/mol. The van der Waals surface area contributed by atoms with Crippen molar-refractivity contribution in [2.24, 2.45) is 7.05 Å². The Bertz CT molecular complexity index is 709. The Morgan fingerprint density at radius 1 is 1.57 bits per heavy atom. The molecule has 8 nitrogen and oxygen atoms in total. The summed E-state index contributed by atoms with van der Waals surface area (Å²) in [5, 5.41) is 4.44. The molecule has 0 aliphatic carbocycles. The van der Waals surface area contributed by atoms with Crippen molar-refractivity contribution in [1.82, 2.24) is 19.7 Å². The molecule has 2 aromatic heterocycles. The Labute approximate surface area is 124 Å². The van der Waals surface area contributed by atoms with Gasteiger partial charge in [0, 0.05) is 18.9 Å². The highest BCUT2D eigenvalue weighted by Gasteiger charge is 2.17. The first kappa shape index (κ1) is 15.1. The molecule has 2 rings (SSSR count). The molecule has 112 valence electrons. The van der Waals surface area contributed by atoms with E-state index in [9.17, 15) is 9.59 Å². The molecule has 2 aromatic rings. The molecule has 2 heterocycles. The number of H-pyrrole nitrogens is 1. The van der Waals surface area contributed by atoms with Gasteiger partial charge in [0.15, 0.2) is 5.16 Å². The number of aromatic amines is 1. The van der Waals surface area contributed by atoms with Crippen LogP contribution in [-0.4, -0.2) is 32.3 Å². The number of nitrogens with two attached hydrogens (primary N) is 1. The molecular weight excluding hydrogens is 294 g/mol. The van der Waals surface area contributed by atoms with Gasteiger partial charge in [-0.3, -0.25) is 9.48 Å². The summed E-state index contributed by atoms with van der Waals surface area (Å²) in [5.41, 5.74) is 6.29. The summed E-state index contributed by atoms with van der Waals surface area (Å²) in [4.78, 5) is 29.7. The third-order valence-electron chi connectivity index (χ3n) is 2.64. The summed E-state index contributed by atoms with van der Waals surface area (Å²) >= 11 is 1.26. The van der Waals surface area contributed by atoms with Gasteiger partial charge in [0.25, 0.3) is 5.56 Å². The number of nitrogen functional groups attached to an aromatic ring is 1. The number of carbonyl (C=O) groups is 1. The number of aromatic nitrogens is 4. The first-order valence-electron chi connectivity index (χ1n) is 6.19. The number of anilines is 1. The second-order valence-electron chi connectivity index (χ2n) is 4.11. The Kier molecular flexibility index (Phi) is 4.63. The third-order valence-corrected chi connectivity index (χ3v) is 3.53. The fourth-order valence-electron chi connectivity index (χ4n) is 1.67. The molecule has 0 spiro atoms. The highest BCUT2D eigenvalue weighted by molar-refractivity contribution is 7.98. The summed E-state index contributed by atoms with van der Waals surface area (Å²) in [5.74, 6) is 0.129. The second-order valence-corrected chi connectivity index (χ2v) is 5.08. The van der Waals surface area contributed by atoms with Crippen LogP contribution < -0.4 is 11.3 Å². The highest BCUT2D eigenvalue weighted by Crippen LogP contribution is 2.21. The topological polar surface area (TPSA) is 116 Å². The van der Waals surface area contributed by atoms with E-state index in [4.69, 9.17) is 10.5 Å². The normalized spacial score (nSPS) is 10.6. The lowest BCUT2D eigenvalue weighted by atomic mass is 10.3. The summed E-state index contributed by atoms with van der Waals surface area (Å²) in [7, 11) is 1.73. The molecule has 0 radical (unpaired) electrons. The van der Waals surface area contributed by atoms with Crippen molar-refractivity contribution in [3.8, 4) is 0 Å². The minimum atomic E-state index is -0.421. The van der Waals surface area contributed by atoms with E-state index in [1.54, 1.807) is 18.7 Å². The largest absolute Gasteiger partial charge is 0.462 e. The highest BCUT2D eigenvalue weighted by atomic mass is 32.2. The zero-order chi connectivity index (χ0) is 15.4. The van der Waals surface area contributed by atoms with Crippen LogP contribution in [0.1, 0.15) is 23.0 Å². The molecule has 0 unspecified atom stereocenters. The van der Waals surface area contributed by atoms with E-state index >= 15 is 0 Å². The van der Waals surface area contributed by atoms with E-state index < -0.39 is 5.97 Å². The van der Waals surface area contributed by atoms with Gasteiger partial charge >= 0.3 is 5.97 Å². The fourth-order valence-corrected chi connectivity index (χ4v) is 2.63. The van der Waals surface area contributed by atoms with Crippen molar-refractivity contribution in [3.63, 3.8) is 0 Å². The van der Waals surface area contributed by atoms with Crippen LogP contribution in [0.5, 0.6) is 0 Å². The van der Waals surface area contributed by atoms with Crippen LogP contribution in [-0.2, 0) is 17.5 Å².